The number of rotatable bonds is 6. The summed E-state index contributed by atoms with van der Waals surface area (Å²) in [6.07, 6.45) is -5.62. The highest BCUT2D eigenvalue weighted by Gasteiger charge is 2.57. The van der Waals surface area contributed by atoms with E-state index in [1.54, 1.807) is 20.8 Å². The second kappa shape index (κ2) is 8.15. The molecular weight excluding hydrogens is 381 g/mol. The fourth-order valence-corrected chi connectivity index (χ4v) is 2.72. The molecule has 0 saturated carbocycles. The minimum absolute atomic E-state index is 0.128. The number of H-pyrrole nitrogens is 1. The molecule has 0 amide bonds. The molecule has 9 nitrogen and oxygen atoms in total. The van der Waals surface area contributed by atoms with Gasteiger partial charge in [0.15, 0.2) is 12.8 Å². The number of hydrogen-bond donors (Lipinski definition) is 4. The van der Waals surface area contributed by atoms with Crippen LogP contribution in [0.1, 0.15) is 33.9 Å². The Morgan fingerprint density at radius 3 is 2.81 bits per heavy atom. The third-order valence-corrected chi connectivity index (χ3v) is 4.67. The van der Waals surface area contributed by atoms with Gasteiger partial charge in [-0.05, 0) is 12.3 Å². The Labute approximate surface area is 161 Å². The van der Waals surface area contributed by atoms with Gasteiger partial charge >= 0.3 is 11.7 Å². The summed E-state index contributed by atoms with van der Waals surface area (Å²) in [7, 11) is 0. The maximum Gasteiger partial charge on any atom is 0.328 e. The number of alkyl halides is 1. The highest BCUT2D eigenvalue weighted by Crippen LogP contribution is 2.38. The van der Waals surface area contributed by atoms with Crippen LogP contribution in [0.25, 0.3) is 0 Å². The molecule has 0 bridgehead atoms. The molecule has 1 fully saturated rings. The summed E-state index contributed by atoms with van der Waals surface area (Å²) in [5, 5.41) is 20.4. The number of aliphatic hydroxyl groups is 2. The number of aryl methyl sites for hydroxylation is 1. The molecule has 1 aliphatic heterocycles. The Morgan fingerprint density at radius 1 is 1.63 bits per heavy atom. The minimum atomic E-state index is -3.13. The van der Waals surface area contributed by atoms with E-state index >= 15 is 4.39 Å². The van der Waals surface area contributed by atoms with E-state index in [-0.39, 0.29) is 10.6 Å². The summed E-state index contributed by atoms with van der Waals surface area (Å²) < 4.78 is 33.9. The number of aromatic amines is 1. The van der Waals surface area contributed by atoms with Crippen LogP contribution in [0, 0.1) is 10.6 Å². The van der Waals surface area contributed by atoms with E-state index in [0.717, 1.165) is 6.20 Å². The Balaban J connectivity index is 2.34. The van der Waals surface area contributed by atoms with Gasteiger partial charge in [-0.25, -0.2) is 9.18 Å². The van der Waals surface area contributed by atoms with Crippen molar-refractivity contribution in [2.24, 2.45) is 11.7 Å². The van der Waals surface area contributed by atoms with Crippen LogP contribution in [0.15, 0.2) is 11.0 Å². The van der Waals surface area contributed by atoms with Gasteiger partial charge in [-0.15, -0.1) is 0 Å². The van der Waals surface area contributed by atoms with Crippen LogP contribution in [0.5, 0.6) is 0 Å². The molecule has 27 heavy (non-hydrogen) atoms. The molecule has 0 radical (unpaired) electrons. The summed E-state index contributed by atoms with van der Waals surface area (Å²) in [6.45, 7) is 3.94. The van der Waals surface area contributed by atoms with Crippen molar-refractivity contribution in [3.05, 3.63) is 26.9 Å². The number of halogens is 1. The molecule has 5 atom stereocenters. The van der Waals surface area contributed by atoms with Gasteiger partial charge in [0.2, 0.25) is 0 Å². The number of hydrogen-bond acceptors (Lipinski definition) is 8. The van der Waals surface area contributed by atoms with Crippen molar-refractivity contribution in [2.75, 3.05) is 6.61 Å². The van der Waals surface area contributed by atoms with Crippen molar-refractivity contribution < 1.29 is 30.2 Å². The van der Waals surface area contributed by atoms with Crippen molar-refractivity contribution in [3.8, 4) is 0 Å². The van der Waals surface area contributed by atoms with Gasteiger partial charge in [-0.3, -0.25) is 14.3 Å². The molecule has 152 valence electrons. The van der Waals surface area contributed by atoms with Gasteiger partial charge in [0.05, 0.1) is 1.37 Å². The van der Waals surface area contributed by atoms with Crippen LogP contribution in [-0.4, -0.2) is 56.4 Å². The molecule has 1 aromatic heterocycles. The molecule has 1 aromatic rings. The lowest BCUT2D eigenvalue weighted by Gasteiger charge is -2.24. The first-order valence-corrected chi connectivity index (χ1v) is 8.81. The van der Waals surface area contributed by atoms with E-state index in [2.05, 4.69) is 4.98 Å². The van der Waals surface area contributed by atoms with E-state index in [9.17, 15) is 19.8 Å². The molecule has 11 heteroatoms. The normalized spacial score (nSPS) is 32.4. The maximum atomic E-state index is 15.1. The fraction of sp³-hybridized carbons (Fsp3) is 0.688. The third kappa shape index (κ3) is 4.27. The van der Waals surface area contributed by atoms with E-state index < -0.39 is 48.6 Å². The molecule has 1 aliphatic rings. The van der Waals surface area contributed by atoms with Gasteiger partial charge in [-0.2, -0.15) is 0 Å². The maximum absolute atomic E-state index is 15.1. The summed E-state index contributed by atoms with van der Waals surface area (Å²) in [5.41, 5.74) is 5.12. The summed E-state index contributed by atoms with van der Waals surface area (Å²) >= 11 is 5.00. The average molecular weight is 406 g/mol. The van der Waals surface area contributed by atoms with Crippen molar-refractivity contribution in [1.82, 2.24) is 9.55 Å². The largest absolute Gasteiger partial charge is 0.458 e. The zero-order chi connectivity index (χ0) is 21.4. The second-order valence-corrected chi connectivity index (χ2v) is 7.04. The molecule has 0 spiro atoms. The Morgan fingerprint density at radius 2 is 2.26 bits per heavy atom. The molecule has 0 aromatic carbocycles. The van der Waals surface area contributed by atoms with Crippen LogP contribution in [0.3, 0.4) is 0 Å². The molecule has 1 saturated heterocycles. The summed E-state index contributed by atoms with van der Waals surface area (Å²) in [5.74, 6) is -4.35. The highest BCUT2D eigenvalue weighted by atomic mass is 32.1. The summed E-state index contributed by atoms with van der Waals surface area (Å²) in [4.78, 5) is 26.4. The van der Waals surface area contributed by atoms with Gasteiger partial charge in [0, 0.05) is 11.8 Å². The van der Waals surface area contributed by atoms with Crippen molar-refractivity contribution in [3.63, 3.8) is 0 Å². The quantitative estimate of drug-likeness (QED) is 0.380. The molecule has 2 heterocycles. The van der Waals surface area contributed by atoms with Crippen molar-refractivity contribution in [2.45, 2.75) is 57.5 Å². The van der Waals surface area contributed by atoms with Crippen molar-refractivity contribution >= 4 is 18.2 Å². The van der Waals surface area contributed by atoms with E-state index in [1.807, 2.05) is 0 Å². The average Bonchev–Trinajstić information content (AvgIpc) is 2.80. The number of carbonyl (C=O) groups is 1. The lowest BCUT2D eigenvalue weighted by atomic mass is 10.1. The van der Waals surface area contributed by atoms with Crippen LogP contribution in [0.4, 0.5) is 4.39 Å². The topological polar surface area (TPSA) is 140 Å². The Kier molecular flexibility index (Phi) is 6.06. The van der Waals surface area contributed by atoms with Crippen LogP contribution < -0.4 is 11.4 Å². The smallest absolute Gasteiger partial charge is 0.328 e. The number of aliphatic hydroxyl groups excluding tert-OH is 2. The third-order valence-electron chi connectivity index (χ3n) is 4.30. The number of nitrogens with two attached hydrogens (primary N) is 1. The fourth-order valence-electron chi connectivity index (χ4n) is 2.44. The van der Waals surface area contributed by atoms with E-state index in [1.165, 1.54) is 0 Å². The number of nitrogens with zero attached hydrogens (tertiary/aromatic N) is 1. The Hall–Kier alpha value is -1.66. The minimum Gasteiger partial charge on any atom is -0.458 e. The number of esters is 1. The van der Waals surface area contributed by atoms with E-state index in [4.69, 9.17) is 28.8 Å². The first-order chi connectivity index (χ1) is 12.9. The van der Waals surface area contributed by atoms with Crippen LogP contribution >= 0.6 is 12.2 Å². The lowest BCUT2D eigenvalue weighted by Crippen LogP contribution is -2.46. The predicted octanol–water partition coefficient (Wildman–Crippen LogP) is -0.0888. The molecule has 0 unspecified atom stereocenters. The van der Waals surface area contributed by atoms with Gasteiger partial charge < -0.3 is 25.4 Å². The van der Waals surface area contributed by atoms with Gasteiger partial charge in [0.25, 0.3) is 5.85 Å². The number of carbonyl (C=O) groups excluding carboxylic acids is 1. The van der Waals surface area contributed by atoms with Crippen molar-refractivity contribution in [1.29, 1.82) is 0 Å². The monoisotopic (exact) mass is 406 g/mol. The first kappa shape index (κ1) is 20.1. The van der Waals surface area contributed by atoms with Gasteiger partial charge in [0.1, 0.15) is 22.9 Å². The lowest BCUT2D eigenvalue weighted by molar-refractivity contribution is -0.217. The van der Waals surface area contributed by atoms with E-state index in [0.29, 0.717) is 16.6 Å². The van der Waals surface area contributed by atoms with Crippen LogP contribution in [0.2, 0.25) is 0 Å². The predicted molar refractivity (Wildman–Crippen MR) is 95.0 cm³/mol. The molecule has 5 N–H and O–H groups in total. The zero-order valence-electron chi connectivity index (χ0n) is 16.1. The van der Waals surface area contributed by atoms with Gasteiger partial charge in [-0.1, -0.05) is 33.0 Å². The number of aromatic nitrogens is 2. The summed E-state index contributed by atoms with van der Waals surface area (Å²) in [6, 6.07) is -1.03. The molecular formula is C16H24FN3O6S. The van der Waals surface area contributed by atoms with Crippen LogP contribution in [-0.2, 0) is 20.7 Å². The Bertz CT molecular complexity index is 864. The molecule has 0 aliphatic carbocycles. The number of nitrogens with one attached hydrogen (secondary N) is 1. The zero-order valence-corrected chi connectivity index (χ0v) is 16.0. The molecule has 2 rings (SSSR count). The first-order valence-electron chi connectivity index (χ1n) is 8.90. The number of ether oxygens (including phenoxy) is 2. The standard InChI is InChI=1S/C16H24FN3O6S/c1-4-8-5-20(15(24)19-12(8)27)13-10(21)11(22)16(17,26-13)6-25-14(23)9(18)7(2)3/h5,7,9-11,13,21-22H,4,6,18H2,1-3H3,(H,19,24,27)/t9-,10+,11-,13+,16+/m0/s1/i13D. The second-order valence-electron chi connectivity index (χ2n) is 6.63. The SMILES string of the molecule is [2H][C@@]1(n2cc(CC)c(=S)[nH]c2=O)O[C@](F)(COC(=O)[C@@H](N)C(C)C)[C@@H](O)[C@H]1O. The highest BCUT2D eigenvalue weighted by molar-refractivity contribution is 7.71.